The van der Waals surface area contributed by atoms with Gasteiger partial charge in [-0.25, -0.2) is 4.79 Å². The number of hydrogen-bond acceptors (Lipinski definition) is 7. The predicted molar refractivity (Wildman–Crippen MR) is 96.1 cm³/mol. The molecule has 1 aliphatic heterocycles. The highest BCUT2D eigenvalue weighted by Crippen LogP contribution is 2.30. The molecule has 2 aromatic rings. The van der Waals surface area contributed by atoms with E-state index in [1.807, 2.05) is 12.1 Å². The molecule has 0 spiro atoms. The Hall–Kier alpha value is -2.48. The van der Waals surface area contributed by atoms with Gasteiger partial charge in [-0.1, -0.05) is 34.0 Å². The first-order chi connectivity index (χ1) is 12.7. The van der Waals surface area contributed by atoms with Crippen LogP contribution in [0.4, 0.5) is 5.95 Å². The van der Waals surface area contributed by atoms with Gasteiger partial charge in [0.25, 0.3) is 5.95 Å². The molecule has 9 heteroatoms. The van der Waals surface area contributed by atoms with Gasteiger partial charge in [-0.05, 0) is 43.0 Å². The van der Waals surface area contributed by atoms with Crippen molar-refractivity contribution in [2.75, 3.05) is 18.0 Å². The molecule has 1 saturated heterocycles. The molecule has 1 aromatic carbocycles. The van der Waals surface area contributed by atoms with Crippen LogP contribution in [-0.4, -0.2) is 45.0 Å². The molecule has 0 amide bonds. The smallest absolute Gasteiger partial charge is 0.338 e. The molecule has 1 aromatic heterocycles. The van der Waals surface area contributed by atoms with Gasteiger partial charge in [0.15, 0.2) is 0 Å². The summed E-state index contributed by atoms with van der Waals surface area (Å²) < 4.78 is 0. The van der Waals surface area contributed by atoms with Gasteiger partial charge in [0.05, 0.1) is 5.92 Å². The second-order valence-electron chi connectivity index (χ2n) is 6.54. The van der Waals surface area contributed by atoms with E-state index >= 15 is 0 Å². The molecular weight excluding hydrogens is 356 g/mol. The third-order valence-corrected chi connectivity index (χ3v) is 4.71. The van der Waals surface area contributed by atoms with Crippen LogP contribution in [-0.2, 0) is 16.2 Å². The first-order valence-corrected chi connectivity index (χ1v) is 9.13. The van der Waals surface area contributed by atoms with Crippen LogP contribution in [0, 0.1) is 5.92 Å². The molecule has 0 unspecified atom stereocenters. The number of rotatable bonds is 6. The number of tetrazole rings is 1. The molecule has 4 rings (SSSR count). The standard InChI is InChI=1S/C17H19ClN6O2/c18-14-7-5-12(6-8-14)15(21-26-16(25)13-3-4-13)11-24-20-17(19-22-24)23-9-1-2-10-23/h5-8,13H,1-4,9-11H2/b21-15+. The number of carbonyl (C=O) groups is 1. The molecule has 1 aliphatic carbocycles. The SMILES string of the molecule is O=C(O/N=C(\Cn1nnc(N2CCCC2)n1)c1ccc(Cl)cc1)C1CC1. The molecule has 26 heavy (non-hydrogen) atoms. The lowest BCUT2D eigenvalue weighted by atomic mass is 10.1. The van der Waals surface area contributed by atoms with E-state index in [9.17, 15) is 4.79 Å². The minimum absolute atomic E-state index is 0.0171. The third kappa shape index (κ3) is 4.01. The van der Waals surface area contributed by atoms with E-state index in [0.717, 1.165) is 44.3 Å². The van der Waals surface area contributed by atoms with E-state index in [-0.39, 0.29) is 18.4 Å². The Labute approximate surface area is 155 Å². The number of benzene rings is 1. The Bertz CT molecular complexity index is 809. The van der Waals surface area contributed by atoms with E-state index in [0.29, 0.717) is 16.7 Å². The fourth-order valence-electron chi connectivity index (χ4n) is 2.79. The number of halogens is 1. The van der Waals surface area contributed by atoms with Crippen molar-refractivity contribution in [3.8, 4) is 0 Å². The monoisotopic (exact) mass is 374 g/mol. The van der Waals surface area contributed by atoms with Crippen molar-refractivity contribution in [2.45, 2.75) is 32.2 Å². The number of nitrogens with zero attached hydrogens (tertiary/aromatic N) is 6. The Morgan fingerprint density at radius 2 is 1.96 bits per heavy atom. The van der Waals surface area contributed by atoms with Gasteiger partial charge < -0.3 is 9.74 Å². The van der Waals surface area contributed by atoms with Crippen molar-refractivity contribution < 1.29 is 9.63 Å². The zero-order valence-electron chi connectivity index (χ0n) is 14.2. The Kier molecular flexibility index (Phi) is 4.83. The molecular formula is C17H19ClN6O2. The second-order valence-corrected chi connectivity index (χ2v) is 6.98. The Morgan fingerprint density at radius 3 is 2.65 bits per heavy atom. The molecule has 1 saturated carbocycles. The molecule has 0 atom stereocenters. The van der Waals surface area contributed by atoms with Crippen LogP contribution in [0.1, 0.15) is 31.2 Å². The summed E-state index contributed by atoms with van der Waals surface area (Å²) in [6.07, 6.45) is 4.02. The number of aromatic nitrogens is 4. The average molecular weight is 375 g/mol. The number of carbonyl (C=O) groups excluding carboxylic acids is 1. The highest BCUT2D eigenvalue weighted by Gasteiger charge is 2.32. The molecule has 2 aliphatic rings. The Morgan fingerprint density at radius 1 is 1.23 bits per heavy atom. The quantitative estimate of drug-likeness (QED) is 0.438. The van der Waals surface area contributed by atoms with Gasteiger partial charge in [0.2, 0.25) is 0 Å². The molecule has 136 valence electrons. The van der Waals surface area contributed by atoms with Crippen LogP contribution in [0.5, 0.6) is 0 Å². The summed E-state index contributed by atoms with van der Waals surface area (Å²) in [6.45, 7) is 2.14. The first kappa shape index (κ1) is 17.0. The van der Waals surface area contributed by atoms with Gasteiger partial charge in [0.1, 0.15) is 12.3 Å². The molecule has 2 heterocycles. The predicted octanol–water partition coefficient (Wildman–Crippen LogP) is 2.28. The molecule has 0 N–H and O–H groups in total. The third-order valence-electron chi connectivity index (χ3n) is 4.46. The summed E-state index contributed by atoms with van der Waals surface area (Å²) in [5, 5.41) is 17.3. The summed E-state index contributed by atoms with van der Waals surface area (Å²) in [5.74, 6) is 0.310. The van der Waals surface area contributed by atoms with Crippen molar-refractivity contribution >= 4 is 29.2 Å². The first-order valence-electron chi connectivity index (χ1n) is 8.75. The van der Waals surface area contributed by atoms with Crippen LogP contribution in [0.3, 0.4) is 0 Å². The highest BCUT2D eigenvalue weighted by atomic mass is 35.5. The van der Waals surface area contributed by atoms with Crippen LogP contribution in [0.15, 0.2) is 29.4 Å². The van der Waals surface area contributed by atoms with Crippen molar-refractivity contribution in [3.05, 3.63) is 34.9 Å². The maximum absolute atomic E-state index is 11.8. The van der Waals surface area contributed by atoms with Crippen molar-refractivity contribution in [1.29, 1.82) is 0 Å². The van der Waals surface area contributed by atoms with Gasteiger partial charge in [-0.2, -0.15) is 4.80 Å². The Balaban J connectivity index is 1.52. The zero-order valence-corrected chi connectivity index (χ0v) is 15.0. The van der Waals surface area contributed by atoms with Crippen molar-refractivity contribution in [3.63, 3.8) is 0 Å². The fourth-order valence-corrected chi connectivity index (χ4v) is 2.91. The summed E-state index contributed by atoms with van der Waals surface area (Å²) >= 11 is 5.96. The minimum atomic E-state index is -0.291. The second kappa shape index (κ2) is 7.41. The van der Waals surface area contributed by atoms with Crippen LogP contribution in [0.25, 0.3) is 0 Å². The van der Waals surface area contributed by atoms with E-state index in [2.05, 4.69) is 25.5 Å². The number of oxime groups is 1. The number of hydrogen-bond donors (Lipinski definition) is 0. The maximum atomic E-state index is 11.8. The van der Waals surface area contributed by atoms with Crippen LogP contribution >= 0.6 is 11.6 Å². The summed E-state index contributed by atoms with van der Waals surface area (Å²) in [7, 11) is 0. The van der Waals surface area contributed by atoms with E-state index in [1.54, 1.807) is 12.1 Å². The van der Waals surface area contributed by atoms with Gasteiger partial charge in [-0.15, -0.1) is 5.10 Å². The van der Waals surface area contributed by atoms with Gasteiger partial charge in [-0.3, -0.25) is 0 Å². The zero-order chi connectivity index (χ0) is 17.9. The molecule has 2 fully saturated rings. The van der Waals surface area contributed by atoms with Crippen molar-refractivity contribution in [2.24, 2.45) is 11.1 Å². The lowest BCUT2D eigenvalue weighted by molar-refractivity contribution is -0.145. The summed E-state index contributed by atoms with van der Waals surface area (Å²) in [4.78, 5) is 20.5. The lowest BCUT2D eigenvalue weighted by Crippen LogP contribution is -2.20. The van der Waals surface area contributed by atoms with Crippen LogP contribution in [0.2, 0.25) is 5.02 Å². The highest BCUT2D eigenvalue weighted by molar-refractivity contribution is 6.30. The summed E-state index contributed by atoms with van der Waals surface area (Å²) in [5.41, 5.74) is 1.33. The normalized spacial score (nSPS) is 17.6. The fraction of sp³-hybridized carbons (Fsp3) is 0.471. The largest absolute Gasteiger partial charge is 0.338 e. The lowest BCUT2D eigenvalue weighted by Gasteiger charge is -2.10. The van der Waals surface area contributed by atoms with Crippen LogP contribution < -0.4 is 4.90 Å². The van der Waals surface area contributed by atoms with E-state index in [4.69, 9.17) is 16.4 Å². The molecule has 8 nitrogen and oxygen atoms in total. The molecule has 0 radical (unpaired) electrons. The van der Waals surface area contributed by atoms with Crippen molar-refractivity contribution in [1.82, 2.24) is 20.2 Å². The molecule has 0 bridgehead atoms. The van der Waals surface area contributed by atoms with Gasteiger partial charge >= 0.3 is 5.97 Å². The average Bonchev–Trinajstić information content (AvgIpc) is 3.16. The van der Waals surface area contributed by atoms with E-state index in [1.165, 1.54) is 4.80 Å². The topological polar surface area (TPSA) is 85.5 Å². The minimum Gasteiger partial charge on any atom is -0.338 e. The maximum Gasteiger partial charge on any atom is 0.338 e. The van der Waals surface area contributed by atoms with E-state index < -0.39 is 0 Å². The van der Waals surface area contributed by atoms with Gasteiger partial charge in [0, 0.05) is 23.7 Å². The summed E-state index contributed by atoms with van der Waals surface area (Å²) in [6, 6.07) is 7.17. The number of anilines is 1.